The Morgan fingerprint density at radius 1 is 1.10 bits per heavy atom. The molecular formula is C38H52N6O6S. The van der Waals surface area contributed by atoms with Gasteiger partial charge in [0.05, 0.1) is 28.2 Å². The molecule has 1 fully saturated rings. The summed E-state index contributed by atoms with van der Waals surface area (Å²) in [5, 5.41) is 16.5. The summed E-state index contributed by atoms with van der Waals surface area (Å²) in [5.74, 6) is -0.785. The van der Waals surface area contributed by atoms with Crippen LogP contribution in [-0.2, 0) is 25.6 Å². The van der Waals surface area contributed by atoms with E-state index in [1.807, 2.05) is 88.7 Å². The van der Waals surface area contributed by atoms with Gasteiger partial charge in [-0.1, -0.05) is 57.2 Å². The lowest BCUT2D eigenvalue weighted by atomic mass is 9.85. The predicted octanol–water partition coefficient (Wildman–Crippen LogP) is 3.78. The number of thiazole rings is 1. The highest BCUT2D eigenvalue weighted by Crippen LogP contribution is 2.30. The van der Waals surface area contributed by atoms with E-state index in [2.05, 4.69) is 15.6 Å². The van der Waals surface area contributed by atoms with Crippen molar-refractivity contribution >= 4 is 35.0 Å². The van der Waals surface area contributed by atoms with Gasteiger partial charge < -0.3 is 36.8 Å². The largest absolute Gasteiger partial charge is 0.492 e. The van der Waals surface area contributed by atoms with Gasteiger partial charge in [0.25, 0.3) is 0 Å². The highest BCUT2D eigenvalue weighted by atomic mass is 32.1. The zero-order valence-corrected chi connectivity index (χ0v) is 31.0. The molecule has 7 N–H and O–H groups in total. The van der Waals surface area contributed by atoms with Gasteiger partial charge in [-0.15, -0.1) is 11.3 Å². The number of nitrogens with one attached hydrogen (secondary N) is 2. The molecule has 1 aliphatic heterocycles. The van der Waals surface area contributed by atoms with Crippen LogP contribution in [0.5, 0.6) is 5.75 Å². The number of aromatic nitrogens is 1. The van der Waals surface area contributed by atoms with Gasteiger partial charge in [-0.3, -0.25) is 19.2 Å². The zero-order chi connectivity index (χ0) is 37.3. The van der Waals surface area contributed by atoms with E-state index in [4.69, 9.17) is 16.2 Å². The molecule has 0 unspecified atom stereocenters. The van der Waals surface area contributed by atoms with Gasteiger partial charge in [0.15, 0.2) is 0 Å². The Morgan fingerprint density at radius 2 is 1.82 bits per heavy atom. The number of aryl methyl sites for hydroxylation is 2. The molecule has 4 rings (SSSR count). The first kappa shape index (κ1) is 39.5. The Balaban J connectivity index is 1.32. The van der Waals surface area contributed by atoms with Crippen molar-refractivity contribution in [3.63, 3.8) is 0 Å². The van der Waals surface area contributed by atoms with Crippen molar-refractivity contribution in [2.45, 2.75) is 103 Å². The van der Waals surface area contributed by atoms with Crippen molar-refractivity contribution in [2.75, 3.05) is 13.2 Å². The van der Waals surface area contributed by atoms with Crippen molar-refractivity contribution in [1.29, 1.82) is 0 Å². The molecule has 51 heavy (non-hydrogen) atoms. The van der Waals surface area contributed by atoms with Crippen LogP contribution < -0.4 is 26.8 Å². The smallest absolute Gasteiger partial charge is 0.246 e. The fourth-order valence-electron chi connectivity index (χ4n) is 6.11. The lowest BCUT2D eigenvalue weighted by molar-refractivity contribution is -0.144. The van der Waals surface area contributed by atoms with Gasteiger partial charge in [-0.2, -0.15) is 0 Å². The van der Waals surface area contributed by atoms with E-state index in [-0.39, 0.29) is 56.3 Å². The van der Waals surface area contributed by atoms with Crippen LogP contribution in [0.1, 0.15) is 82.7 Å². The number of hydrogen-bond acceptors (Lipinski definition) is 9. The number of benzene rings is 2. The lowest BCUT2D eigenvalue weighted by Crippen LogP contribution is -2.57. The van der Waals surface area contributed by atoms with Crippen molar-refractivity contribution in [3.8, 4) is 16.2 Å². The number of nitrogens with two attached hydrogens (primary N) is 2. The summed E-state index contributed by atoms with van der Waals surface area (Å²) in [6.07, 6.45) is 1.23. The zero-order valence-electron chi connectivity index (χ0n) is 30.2. The number of carbonyl (C=O) groups is 4. The van der Waals surface area contributed by atoms with Crippen LogP contribution in [0.15, 0.2) is 54.0 Å². The van der Waals surface area contributed by atoms with E-state index < -0.39 is 35.4 Å². The number of rotatable bonds is 16. The average Bonchev–Trinajstić information content (AvgIpc) is 3.70. The first-order valence-corrected chi connectivity index (χ1v) is 18.3. The molecule has 2 heterocycles. The summed E-state index contributed by atoms with van der Waals surface area (Å²) >= 11 is 1.58. The minimum atomic E-state index is -0.902. The highest BCUT2D eigenvalue weighted by molar-refractivity contribution is 7.13. The van der Waals surface area contributed by atoms with Crippen LogP contribution in [0.4, 0.5) is 0 Å². The molecule has 0 radical (unpaired) electrons. The van der Waals surface area contributed by atoms with E-state index in [0.717, 1.165) is 27.3 Å². The third-order valence-electron chi connectivity index (χ3n) is 9.05. The Kier molecular flexibility index (Phi) is 13.7. The molecule has 3 aromatic rings. The topological polar surface area (TPSA) is 190 Å². The Bertz CT molecular complexity index is 1650. The van der Waals surface area contributed by atoms with Gasteiger partial charge >= 0.3 is 0 Å². The number of ether oxygens (including phenoxy) is 1. The molecule has 12 nitrogen and oxygen atoms in total. The summed E-state index contributed by atoms with van der Waals surface area (Å²) < 4.78 is 5.78. The van der Waals surface area contributed by atoms with Crippen LogP contribution in [0.25, 0.3) is 10.4 Å². The quantitative estimate of drug-likeness (QED) is 0.148. The summed E-state index contributed by atoms with van der Waals surface area (Å²) in [5.41, 5.74) is 16.3. The molecule has 1 aliphatic rings. The van der Waals surface area contributed by atoms with E-state index in [9.17, 15) is 24.3 Å². The molecule has 13 heteroatoms. The number of likely N-dealkylation sites (tertiary alicyclic amines) is 1. The molecule has 276 valence electrons. The van der Waals surface area contributed by atoms with Crippen molar-refractivity contribution in [2.24, 2.45) is 16.9 Å². The lowest BCUT2D eigenvalue weighted by Gasteiger charge is -2.35. The molecule has 2 aromatic carbocycles. The number of hydrogen-bond donors (Lipinski definition) is 5. The van der Waals surface area contributed by atoms with Gasteiger partial charge in [0.1, 0.15) is 24.4 Å². The van der Waals surface area contributed by atoms with Crippen LogP contribution in [0, 0.1) is 12.3 Å². The van der Waals surface area contributed by atoms with E-state index in [1.165, 1.54) is 4.90 Å². The summed E-state index contributed by atoms with van der Waals surface area (Å²) in [6.45, 7) is 9.70. The molecule has 0 saturated carbocycles. The molecular weight excluding hydrogens is 669 g/mol. The maximum absolute atomic E-state index is 14.0. The summed E-state index contributed by atoms with van der Waals surface area (Å²) in [6, 6.07) is 13.0. The molecule has 1 aromatic heterocycles. The van der Waals surface area contributed by atoms with Crippen molar-refractivity contribution < 1.29 is 29.0 Å². The minimum absolute atomic E-state index is 0.00507. The molecule has 4 amide bonds. The first-order chi connectivity index (χ1) is 24.1. The third kappa shape index (κ3) is 11.3. The second-order valence-electron chi connectivity index (χ2n) is 14.5. The number of aliphatic hydroxyl groups excluding tert-OH is 1. The maximum Gasteiger partial charge on any atom is 0.246 e. The van der Waals surface area contributed by atoms with Gasteiger partial charge in [-0.25, -0.2) is 4.98 Å². The Morgan fingerprint density at radius 3 is 2.47 bits per heavy atom. The van der Waals surface area contributed by atoms with Crippen LogP contribution in [0.2, 0.25) is 0 Å². The maximum atomic E-state index is 14.0. The Labute approximate surface area is 304 Å². The molecule has 0 spiro atoms. The number of amides is 4. The highest BCUT2D eigenvalue weighted by Gasteiger charge is 2.44. The van der Waals surface area contributed by atoms with Gasteiger partial charge in [0.2, 0.25) is 23.6 Å². The van der Waals surface area contributed by atoms with E-state index in [1.54, 1.807) is 11.3 Å². The SMILES string of the molecule is Cc1ncsc1-c1ccc([C@H](C)NC(=O)[C@@H]2C[C@@H](O)CN2C(=O)[C@@H](NC(=O)CCCc2cccc(OC[C@@H](N)CCC(N)=O)c2)C(C)(C)C)cc1. The molecule has 1 saturated heterocycles. The van der Waals surface area contributed by atoms with Crippen LogP contribution in [0.3, 0.4) is 0 Å². The fraction of sp³-hybridized carbons (Fsp3) is 0.500. The van der Waals surface area contributed by atoms with Gasteiger partial charge in [0, 0.05) is 31.8 Å². The monoisotopic (exact) mass is 720 g/mol. The minimum Gasteiger partial charge on any atom is -0.492 e. The second kappa shape index (κ2) is 17.7. The van der Waals surface area contributed by atoms with Crippen molar-refractivity contribution in [3.05, 3.63) is 70.9 Å². The standard InChI is InChI=1S/C38H52N6O6S/c1-23(26-12-14-27(15-13-26)34-24(2)41-22-51-34)42-36(48)31-19-29(45)20-44(31)37(49)35(38(3,4)5)43-33(47)11-7-9-25-8-6-10-30(18-25)50-21-28(39)16-17-32(40)46/h6,8,10,12-15,18,22-23,28-29,31,35,45H,7,9,11,16-17,19-21,39H2,1-5H3,(H2,40,46)(H,42,48)(H,43,47)/t23-,28-,29+,31-,35+/m0/s1. The normalized spacial score (nSPS) is 17.7. The number of carbonyl (C=O) groups excluding carboxylic acids is 4. The molecule has 0 bridgehead atoms. The number of primary amides is 1. The summed E-state index contributed by atoms with van der Waals surface area (Å²) in [4.78, 5) is 58.6. The second-order valence-corrected chi connectivity index (χ2v) is 15.3. The van der Waals surface area contributed by atoms with Crippen LogP contribution >= 0.6 is 11.3 Å². The molecule has 0 aliphatic carbocycles. The fourth-order valence-corrected chi connectivity index (χ4v) is 6.92. The number of β-amino-alcohol motifs (C(OH)–C–C–N with tert-alkyl or cyclic N) is 1. The third-order valence-corrected chi connectivity index (χ3v) is 10.0. The van der Waals surface area contributed by atoms with E-state index >= 15 is 0 Å². The Hall–Kier alpha value is -4.33. The number of aliphatic hydroxyl groups is 1. The predicted molar refractivity (Wildman–Crippen MR) is 198 cm³/mol. The van der Waals surface area contributed by atoms with E-state index in [0.29, 0.717) is 25.0 Å². The van der Waals surface area contributed by atoms with Gasteiger partial charge in [-0.05, 0) is 67.3 Å². The first-order valence-electron chi connectivity index (χ1n) is 17.5. The molecule has 5 atom stereocenters. The number of nitrogens with zero attached hydrogens (tertiary/aromatic N) is 2. The van der Waals surface area contributed by atoms with Crippen molar-refractivity contribution in [1.82, 2.24) is 20.5 Å². The van der Waals surface area contributed by atoms with Crippen LogP contribution in [-0.4, -0.2) is 76.0 Å². The summed E-state index contributed by atoms with van der Waals surface area (Å²) in [7, 11) is 0. The average molecular weight is 721 g/mol.